The molecule has 0 radical (unpaired) electrons. The third-order valence-corrected chi connectivity index (χ3v) is 5.02. The number of hydrogen-bond acceptors (Lipinski definition) is 3. The van der Waals surface area contributed by atoms with Crippen LogP contribution in [-0.4, -0.2) is 18.9 Å². The second-order valence-corrected chi connectivity index (χ2v) is 7.42. The first-order valence-corrected chi connectivity index (χ1v) is 9.44. The van der Waals surface area contributed by atoms with Crippen molar-refractivity contribution >= 4 is 28.5 Å². The Balaban J connectivity index is 1.88. The molecule has 2 N–H and O–H groups in total. The van der Waals surface area contributed by atoms with Gasteiger partial charge in [-0.2, -0.15) is 0 Å². The molecule has 5 heteroatoms. The predicted octanol–water partition coefficient (Wildman–Crippen LogP) is 4.71. The number of amides is 2. The minimum absolute atomic E-state index is 0.175. The summed E-state index contributed by atoms with van der Waals surface area (Å²) in [7, 11) is 1.58. The van der Waals surface area contributed by atoms with E-state index in [1.165, 1.54) is 11.1 Å². The van der Waals surface area contributed by atoms with E-state index in [0.29, 0.717) is 17.2 Å². The van der Waals surface area contributed by atoms with Gasteiger partial charge in [-0.25, -0.2) is 0 Å². The summed E-state index contributed by atoms with van der Waals surface area (Å²) in [5, 5.41) is 6.46. The van der Waals surface area contributed by atoms with Gasteiger partial charge in [0, 0.05) is 18.0 Å². The normalized spacial score (nSPS) is 11.1. The minimum Gasteiger partial charge on any atom is -0.464 e. The molecule has 0 spiro atoms. The van der Waals surface area contributed by atoms with E-state index in [0.717, 1.165) is 22.1 Å². The number of furan rings is 1. The van der Waals surface area contributed by atoms with Crippen molar-refractivity contribution in [1.29, 1.82) is 0 Å². The van der Waals surface area contributed by atoms with E-state index >= 15 is 0 Å². The lowest BCUT2D eigenvalue weighted by molar-refractivity contribution is -0.115. The zero-order chi connectivity index (χ0) is 20.4. The summed E-state index contributed by atoms with van der Waals surface area (Å²) in [5.41, 5.74) is 5.85. The average molecular weight is 378 g/mol. The Morgan fingerprint density at radius 3 is 2.54 bits per heavy atom. The summed E-state index contributed by atoms with van der Waals surface area (Å²) in [6.07, 6.45) is 1.82. The van der Waals surface area contributed by atoms with Crippen LogP contribution in [0.25, 0.3) is 11.0 Å². The highest BCUT2D eigenvalue weighted by Gasteiger charge is 2.17. The quantitative estimate of drug-likeness (QED) is 0.675. The summed E-state index contributed by atoms with van der Waals surface area (Å²) in [6.45, 7) is 8.22. The molecule has 0 unspecified atom stereocenters. The van der Waals surface area contributed by atoms with Crippen LogP contribution in [0.5, 0.6) is 0 Å². The Bertz CT molecular complexity index is 1050. The maximum Gasteiger partial charge on any atom is 0.253 e. The van der Waals surface area contributed by atoms with E-state index in [2.05, 4.69) is 37.5 Å². The van der Waals surface area contributed by atoms with E-state index in [1.54, 1.807) is 19.4 Å². The monoisotopic (exact) mass is 378 g/mol. The molecule has 0 aliphatic rings. The van der Waals surface area contributed by atoms with Gasteiger partial charge in [0.25, 0.3) is 5.91 Å². The van der Waals surface area contributed by atoms with Gasteiger partial charge in [-0.15, -0.1) is 0 Å². The first-order chi connectivity index (χ1) is 13.3. The molecule has 146 valence electrons. The average Bonchev–Trinajstić information content (AvgIpc) is 3.01. The van der Waals surface area contributed by atoms with Crippen molar-refractivity contribution in [2.45, 2.75) is 40.0 Å². The molecule has 2 aromatic carbocycles. The molecule has 0 aliphatic carbocycles. The Hall–Kier alpha value is -3.08. The van der Waals surface area contributed by atoms with Gasteiger partial charge in [0.15, 0.2) is 0 Å². The SMILES string of the molecule is CNC(=O)c1c(C)cccc1NC(=O)Cc1coc2cc(C)c(C(C)C)cc12. The van der Waals surface area contributed by atoms with Crippen LogP contribution < -0.4 is 10.6 Å². The zero-order valence-corrected chi connectivity index (χ0v) is 17.0. The molecule has 1 heterocycles. The van der Waals surface area contributed by atoms with Gasteiger partial charge in [-0.1, -0.05) is 26.0 Å². The van der Waals surface area contributed by atoms with Crippen molar-refractivity contribution in [1.82, 2.24) is 5.32 Å². The highest BCUT2D eigenvalue weighted by molar-refractivity contribution is 6.05. The molecule has 0 saturated carbocycles. The number of aryl methyl sites for hydroxylation is 2. The number of rotatable bonds is 5. The second-order valence-electron chi connectivity index (χ2n) is 7.42. The van der Waals surface area contributed by atoms with Crippen LogP contribution in [0.4, 0.5) is 5.69 Å². The van der Waals surface area contributed by atoms with Gasteiger partial charge in [0.1, 0.15) is 5.58 Å². The molecule has 3 aromatic rings. The maximum atomic E-state index is 12.7. The molecule has 0 saturated heterocycles. The minimum atomic E-state index is -0.223. The van der Waals surface area contributed by atoms with Crippen LogP contribution in [0.2, 0.25) is 0 Å². The molecule has 3 rings (SSSR count). The number of carbonyl (C=O) groups is 2. The van der Waals surface area contributed by atoms with Crippen LogP contribution in [0.15, 0.2) is 41.0 Å². The van der Waals surface area contributed by atoms with Crippen molar-refractivity contribution in [3.63, 3.8) is 0 Å². The van der Waals surface area contributed by atoms with Crippen LogP contribution >= 0.6 is 0 Å². The molecule has 0 aliphatic heterocycles. The van der Waals surface area contributed by atoms with Gasteiger partial charge in [0.2, 0.25) is 5.91 Å². The molecule has 0 fully saturated rings. The molecule has 28 heavy (non-hydrogen) atoms. The number of carbonyl (C=O) groups excluding carboxylic acids is 2. The van der Waals surface area contributed by atoms with Crippen molar-refractivity contribution in [2.24, 2.45) is 0 Å². The van der Waals surface area contributed by atoms with E-state index in [1.807, 2.05) is 25.1 Å². The summed E-state index contributed by atoms with van der Waals surface area (Å²) in [4.78, 5) is 24.9. The van der Waals surface area contributed by atoms with Crippen molar-refractivity contribution in [3.05, 3.63) is 64.4 Å². The fourth-order valence-corrected chi connectivity index (χ4v) is 3.57. The smallest absolute Gasteiger partial charge is 0.253 e. The van der Waals surface area contributed by atoms with Crippen LogP contribution in [-0.2, 0) is 11.2 Å². The first kappa shape index (κ1) is 19.7. The number of hydrogen-bond donors (Lipinski definition) is 2. The van der Waals surface area contributed by atoms with Crippen molar-refractivity contribution in [3.8, 4) is 0 Å². The number of benzene rings is 2. The summed E-state index contributed by atoms with van der Waals surface area (Å²) in [6, 6.07) is 9.55. The highest BCUT2D eigenvalue weighted by Crippen LogP contribution is 2.29. The van der Waals surface area contributed by atoms with E-state index in [9.17, 15) is 9.59 Å². The predicted molar refractivity (Wildman–Crippen MR) is 112 cm³/mol. The third kappa shape index (κ3) is 3.79. The Labute approximate surface area is 165 Å². The van der Waals surface area contributed by atoms with E-state index in [4.69, 9.17) is 4.42 Å². The van der Waals surface area contributed by atoms with Crippen molar-refractivity contribution < 1.29 is 14.0 Å². The van der Waals surface area contributed by atoms with Gasteiger partial charge >= 0.3 is 0 Å². The topological polar surface area (TPSA) is 71.3 Å². The largest absolute Gasteiger partial charge is 0.464 e. The van der Waals surface area contributed by atoms with Crippen molar-refractivity contribution in [2.75, 3.05) is 12.4 Å². The lowest BCUT2D eigenvalue weighted by Gasteiger charge is -2.13. The van der Waals surface area contributed by atoms with Gasteiger partial charge < -0.3 is 15.1 Å². The summed E-state index contributed by atoms with van der Waals surface area (Å²) >= 11 is 0. The molecule has 2 amide bonds. The van der Waals surface area contributed by atoms with E-state index in [-0.39, 0.29) is 18.2 Å². The zero-order valence-electron chi connectivity index (χ0n) is 17.0. The van der Waals surface area contributed by atoms with Gasteiger partial charge in [-0.3, -0.25) is 9.59 Å². The van der Waals surface area contributed by atoms with E-state index < -0.39 is 0 Å². The molecular formula is C23H26N2O3. The Kier molecular flexibility index (Phi) is 5.54. The highest BCUT2D eigenvalue weighted by atomic mass is 16.3. The van der Waals surface area contributed by atoms with Crippen LogP contribution in [0.3, 0.4) is 0 Å². The number of fused-ring (bicyclic) bond motifs is 1. The van der Waals surface area contributed by atoms with Crippen LogP contribution in [0.1, 0.15) is 52.4 Å². The Morgan fingerprint density at radius 2 is 1.86 bits per heavy atom. The summed E-state index contributed by atoms with van der Waals surface area (Å²) in [5.74, 6) is -0.0206. The number of anilines is 1. The first-order valence-electron chi connectivity index (χ1n) is 9.44. The van der Waals surface area contributed by atoms with Gasteiger partial charge in [0.05, 0.1) is 23.9 Å². The maximum absolute atomic E-state index is 12.7. The van der Waals surface area contributed by atoms with Gasteiger partial charge in [-0.05, 0) is 54.7 Å². The molecule has 1 aromatic heterocycles. The lowest BCUT2D eigenvalue weighted by atomic mass is 9.95. The summed E-state index contributed by atoms with van der Waals surface area (Å²) < 4.78 is 5.67. The molecule has 0 atom stereocenters. The fraction of sp³-hybridized carbons (Fsp3) is 0.304. The Morgan fingerprint density at radius 1 is 1.11 bits per heavy atom. The number of nitrogens with one attached hydrogen (secondary N) is 2. The fourth-order valence-electron chi connectivity index (χ4n) is 3.57. The molecule has 5 nitrogen and oxygen atoms in total. The third-order valence-electron chi connectivity index (χ3n) is 5.02. The lowest BCUT2D eigenvalue weighted by Crippen LogP contribution is -2.23. The molecule has 0 bridgehead atoms. The standard InChI is InChI=1S/C23H26N2O3/c1-13(2)17-11-18-16(12-28-20(18)9-15(17)4)10-21(26)25-19-8-6-7-14(3)22(19)23(27)24-5/h6-9,11-13H,10H2,1-5H3,(H,24,27)(H,25,26). The molecular weight excluding hydrogens is 352 g/mol. The van der Waals surface area contributed by atoms with Crippen LogP contribution in [0, 0.1) is 13.8 Å². The second kappa shape index (κ2) is 7.89.